The molecule has 0 unspecified atom stereocenters. The molecule has 1 amide bonds. The third-order valence-corrected chi connectivity index (χ3v) is 5.35. The van der Waals surface area contributed by atoms with Crippen molar-refractivity contribution < 1.29 is 19.4 Å². The van der Waals surface area contributed by atoms with Gasteiger partial charge in [-0.15, -0.1) is 0 Å². The van der Waals surface area contributed by atoms with E-state index in [2.05, 4.69) is 0 Å². The lowest BCUT2D eigenvalue weighted by atomic mass is 9.95. The molecule has 0 spiro atoms. The molecule has 1 aliphatic heterocycles. The first-order chi connectivity index (χ1) is 14.8. The van der Waals surface area contributed by atoms with Crippen LogP contribution in [0.2, 0.25) is 0 Å². The highest BCUT2D eigenvalue weighted by molar-refractivity contribution is 6.46. The summed E-state index contributed by atoms with van der Waals surface area (Å²) in [4.78, 5) is 29.6. The van der Waals surface area contributed by atoms with Crippen molar-refractivity contribution in [1.82, 2.24) is 9.80 Å². The van der Waals surface area contributed by atoms with Crippen molar-refractivity contribution in [2.45, 2.75) is 26.3 Å². The zero-order chi connectivity index (χ0) is 22.5. The van der Waals surface area contributed by atoms with Gasteiger partial charge in [0.05, 0.1) is 18.2 Å². The molecule has 0 bridgehead atoms. The van der Waals surface area contributed by atoms with Gasteiger partial charge in [0.15, 0.2) is 0 Å². The van der Waals surface area contributed by atoms with E-state index in [4.69, 9.17) is 4.74 Å². The molecule has 2 aromatic rings. The third kappa shape index (κ3) is 4.97. The molecule has 1 atom stereocenters. The number of hydrogen-bond acceptors (Lipinski definition) is 5. The van der Waals surface area contributed by atoms with Gasteiger partial charge >= 0.3 is 0 Å². The Morgan fingerprint density at radius 1 is 1.13 bits per heavy atom. The Labute approximate surface area is 183 Å². The van der Waals surface area contributed by atoms with Crippen molar-refractivity contribution in [3.63, 3.8) is 0 Å². The molecule has 0 aliphatic carbocycles. The summed E-state index contributed by atoms with van der Waals surface area (Å²) in [5.74, 6) is -0.733. The molecule has 1 N–H and O–H groups in total. The molecular weight excluding hydrogens is 392 g/mol. The number of likely N-dealkylation sites (tertiary alicyclic amines) is 1. The summed E-state index contributed by atoms with van der Waals surface area (Å²) in [5.41, 5.74) is 2.42. The smallest absolute Gasteiger partial charge is 0.295 e. The van der Waals surface area contributed by atoms with Crippen LogP contribution in [0.5, 0.6) is 5.75 Å². The number of aryl methyl sites for hydroxylation is 1. The van der Waals surface area contributed by atoms with E-state index in [0.717, 1.165) is 17.7 Å². The summed E-state index contributed by atoms with van der Waals surface area (Å²) in [6, 6.07) is 14.0. The molecule has 1 saturated heterocycles. The van der Waals surface area contributed by atoms with Crippen LogP contribution < -0.4 is 4.74 Å². The van der Waals surface area contributed by atoms with Crippen LogP contribution in [0.3, 0.4) is 0 Å². The molecule has 6 heteroatoms. The van der Waals surface area contributed by atoms with Gasteiger partial charge in [0.25, 0.3) is 11.7 Å². The SMILES string of the molecule is CCOc1cccc([C@H]2/C(=C(\O)c3ccc(C)cc3)C(=O)C(=O)N2CCCN(C)C)c1. The van der Waals surface area contributed by atoms with Gasteiger partial charge in [-0.1, -0.05) is 42.0 Å². The first kappa shape index (κ1) is 22.6. The maximum atomic E-state index is 13.0. The summed E-state index contributed by atoms with van der Waals surface area (Å²) >= 11 is 0. The van der Waals surface area contributed by atoms with Crippen LogP contribution >= 0.6 is 0 Å². The summed E-state index contributed by atoms with van der Waals surface area (Å²) in [6.07, 6.45) is 0.715. The number of benzene rings is 2. The Bertz CT molecular complexity index is 979. The second-order valence-corrected chi connectivity index (χ2v) is 8.02. The highest BCUT2D eigenvalue weighted by Gasteiger charge is 2.45. The van der Waals surface area contributed by atoms with E-state index >= 15 is 0 Å². The van der Waals surface area contributed by atoms with Gasteiger partial charge in [0.1, 0.15) is 11.5 Å². The van der Waals surface area contributed by atoms with Gasteiger partial charge in [-0.05, 0) is 58.6 Å². The van der Waals surface area contributed by atoms with Crippen molar-refractivity contribution in [1.29, 1.82) is 0 Å². The number of carbonyl (C=O) groups is 2. The quantitative estimate of drug-likeness (QED) is 0.398. The van der Waals surface area contributed by atoms with E-state index in [1.807, 2.05) is 69.2 Å². The first-order valence-corrected chi connectivity index (χ1v) is 10.6. The summed E-state index contributed by atoms with van der Waals surface area (Å²) < 4.78 is 5.63. The molecule has 3 rings (SSSR count). The number of rotatable bonds is 8. The van der Waals surface area contributed by atoms with Crippen LogP contribution in [0.1, 0.15) is 36.1 Å². The monoisotopic (exact) mass is 422 g/mol. The van der Waals surface area contributed by atoms with Crippen LogP contribution in [0.4, 0.5) is 0 Å². The number of nitrogens with zero attached hydrogens (tertiary/aromatic N) is 2. The molecule has 1 heterocycles. The average Bonchev–Trinajstić information content (AvgIpc) is 2.99. The molecule has 2 aromatic carbocycles. The minimum atomic E-state index is -0.663. The van der Waals surface area contributed by atoms with E-state index in [1.54, 1.807) is 17.0 Å². The molecule has 0 saturated carbocycles. The van der Waals surface area contributed by atoms with E-state index in [-0.39, 0.29) is 11.3 Å². The summed E-state index contributed by atoms with van der Waals surface area (Å²) in [7, 11) is 3.93. The van der Waals surface area contributed by atoms with E-state index in [1.165, 1.54) is 0 Å². The number of Topliss-reactive ketones (excluding diaryl/α,β-unsaturated/α-hetero) is 1. The van der Waals surface area contributed by atoms with Crippen LogP contribution in [-0.2, 0) is 9.59 Å². The lowest BCUT2D eigenvalue weighted by Gasteiger charge is -2.26. The molecule has 1 aliphatic rings. The fraction of sp³-hybridized carbons (Fsp3) is 0.360. The minimum Gasteiger partial charge on any atom is -0.507 e. The van der Waals surface area contributed by atoms with Crippen molar-refractivity contribution in [2.75, 3.05) is 33.8 Å². The molecule has 31 heavy (non-hydrogen) atoms. The Balaban J connectivity index is 2.09. The van der Waals surface area contributed by atoms with Crippen molar-refractivity contribution in [2.24, 2.45) is 0 Å². The molecule has 0 radical (unpaired) electrons. The largest absolute Gasteiger partial charge is 0.507 e. The zero-order valence-corrected chi connectivity index (χ0v) is 18.6. The number of aliphatic hydroxyl groups is 1. The Kier molecular flexibility index (Phi) is 7.13. The Hall–Kier alpha value is -3.12. The Morgan fingerprint density at radius 2 is 1.84 bits per heavy atom. The summed E-state index contributed by atoms with van der Waals surface area (Å²) in [5, 5.41) is 11.1. The second kappa shape index (κ2) is 9.79. The fourth-order valence-electron chi connectivity index (χ4n) is 3.82. The van der Waals surface area contributed by atoms with Crippen LogP contribution in [-0.4, -0.2) is 60.4 Å². The van der Waals surface area contributed by atoms with E-state index in [9.17, 15) is 14.7 Å². The second-order valence-electron chi connectivity index (χ2n) is 8.02. The zero-order valence-electron chi connectivity index (χ0n) is 18.6. The highest BCUT2D eigenvalue weighted by Crippen LogP contribution is 2.40. The number of carbonyl (C=O) groups excluding carboxylic acids is 2. The molecule has 6 nitrogen and oxygen atoms in total. The maximum absolute atomic E-state index is 13.0. The van der Waals surface area contributed by atoms with Gasteiger partial charge in [-0.3, -0.25) is 9.59 Å². The van der Waals surface area contributed by atoms with Gasteiger partial charge in [0.2, 0.25) is 0 Å². The standard InChI is InChI=1S/C25H30N2O4/c1-5-31-20-9-6-8-19(16-20)22-21(23(28)18-12-10-17(2)11-13-18)24(29)25(30)27(22)15-7-14-26(3)4/h6,8-13,16,22,28H,5,7,14-15H2,1-4H3/b23-21+/t22-/m0/s1. The molecule has 164 valence electrons. The average molecular weight is 423 g/mol. The van der Waals surface area contributed by atoms with Gasteiger partial charge in [0, 0.05) is 12.1 Å². The van der Waals surface area contributed by atoms with E-state index < -0.39 is 17.7 Å². The molecule has 0 aromatic heterocycles. The lowest BCUT2D eigenvalue weighted by molar-refractivity contribution is -0.139. The number of ketones is 1. The Morgan fingerprint density at radius 3 is 2.48 bits per heavy atom. The lowest BCUT2D eigenvalue weighted by Crippen LogP contribution is -2.32. The number of hydrogen-bond donors (Lipinski definition) is 1. The number of amides is 1. The molecule has 1 fully saturated rings. The number of ether oxygens (including phenoxy) is 1. The van der Waals surface area contributed by atoms with E-state index in [0.29, 0.717) is 30.9 Å². The topological polar surface area (TPSA) is 70.1 Å². The normalized spacial score (nSPS) is 18.1. The van der Waals surface area contributed by atoms with Crippen LogP contribution in [0.15, 0.2) is 54.1 Å². The first-order valence-electron chi connectivity index (χ1n) is 10.6. The minimum absolute atomic E-state index is 0.118. The van der Waals surface area contributed by atoms with Crippen molar-refractivity contribution in [3.8, 4) is 5.75 Å². The molecular formula is C25H30N2O4. The number of aliphatic hydroxyl groups excluding tert-OH is 1. The predicted octanol–water partition coefficient (Wildman–Crippen LogP) is 3.77. The van der Waals surface area contributed by atoms with Crippen LogP contribution in [0, 0.1) is 6.92 Å². The van der Waals surface area contributed by atoms with Crippen LogP contribution in [0.25, 0.3) is 5.76 Å². The predicted molar refractivity (Wildman–Crippen MR) is 121 cm³/mol. The maximum Gasteiger partial charge on any atom is 0.295 e. The third-order valence-electron chi connectivity index (χ3n) is 5.35. The van der Waals surface area contributed by atoms with Crippen molar-refractivity contribution in [3.05, 3.63) is 70.8 Å². The van der Waals surface area contributed by atoms with Crippen molar-refractivity contribution >= 4 is 17.4 Å². The van der Waals surface area contributed by atoms with Gasteiger partial charge in [-0.25, -0.2) is 0 Å². The van der Waals surface area contributed by atoms with Gasteiger partial charge < -0.3 is 19.6 Å². The highest BCUT2D eigenvalue weighted by atomic mass is 16.5. The fourth-order valence-corrected chi connectivity index (χ4v) is 3.82. The van der Waals surface area contributed by atoms with Gasteiger partial charge in [-0.2, -0.15) is 0 Å². The summed E-state index contributed by atoms with van der Waals surface area (Å²) in [6.45, 7) is 5.56.